The van der Waals surface area contributed by atoms with E-state index < -0.39 is 0 Å². The smallest absolute Gasteiger partial charge is 0.277 e. The van der Waals surface area contributed by atoms with Gasteiger partial charge >= 0.3 is 0 Å². The molecule has 4 rings (SSSR count). The van der Waals surface area contributed by atoms with Gasteiger partial charge in [0.25, 0.3) is 5.22 Å². The van der Waals surface area contributed by atoms with Crippen LogP contribution in [-0.2, 0) is 4.79 Å². The van der Waals surface area contributed by atoms with Gasteiger partial charge in [0.2, 0.25) is 11.8 Å². The van der Waals surface area contributed by atoms with E-state index in [1.54, 1.807) is 24.3 Å². The highest BCUT2D eigenvalue weighted by molar-refractivity contribution is 7.99. The van der Waals surface area contributed by atoms with Crippen LogP contribution in [0.4, 0.5) is 11.4 Å². The van der Waals surface area contributed by atoms with Gasteiger partial charge in [-0.1, -0.05) is 48.0 Å². The number of aromatic nitrogens is 2. The van der Waals surface area contributed by atoms with E-state index in [1.165, 1.54) is 11.8 Å². The molecule has 2 heterocycles. The normalized spacial score (nSPS) is 14.5. The van der Waals surface area contributed by atoms with Crippen LogP contribution in [0.25, 0.3) is 11.5 Å². The molecule has 0 saturated carbocycles. The molecule has 2 aromatic carbocycles. The van der Waals surface area contributed by atoms with Gasteiger partial charge in [-0.05, 0) is 42.9 Å². The summed E-state index contributed by atoms with van der Waals surface area (Å²) in [6.07, 6.45) is 0. The largest absolute Gasteiger partial charge is 0.411 e. The molecule has 1 fully saturated rings. The molecule has 1 aliphatic heterocycles. The lowest BCUT2D eigenvalue weighted by Crippen LogP contribution is -2.46. The van der Waals surface area contributed by atoms with Crippen molar-refractivity contribution < 1.29 is 9.21 Å². The summed E-state index contributed by atoms with van der Waals surface area (Å²) >= 11 is 13.6. The minimum Gasteiger partial charge on any atom is -0.411 e. The predicted octanol–water partition coefficient (Wildman–Crippen LogP) is 4.92. The fourth-order valence-corrected chi connectivity index (χ4v) is 4.50. The van der Waals surface area contributed by atoms with Crippen molar-refractivity contribution in [2.24, 2.45) is 0 Å². The molecule has 1 N–H and O–H groups in total. The van der Waals surface area contributed by atoms with Crippen molar-refractivity contribution in [2.45, 2.75) is 12.1 Å². The Morgan fingerprint density at radius 3 is 2.56 bits per heavy atom. The van der Waals surface area contributed by atoms with Crippen molar-refractivity contribution in [3.05, 3.63) is 52.5 Å². The zero-order valence-corrected chi connectivity index (χ0v) is 19.9. The highest BCUT2D eigenvalue weighted by atomic mass is 35.5. The molecule has 3 aromatic rings. The molecule has 7 nitrogen and oxygen atoms in total. The fraction of sp³-hybridized carbons (Fsp3) is 0.318. The molecule has 10 heteroatoms. The first kappa shape index (κ1) is 22.9. The minimum atomic E-state index is -0.169. The highest BCUT2D eigenvalue weighted by Crippen LogP contribution is 2.35. The molecule has 0 unspecified atom stereocenters. The Hall–Kier alpha value is -2.26. The van der Waals surface area contributed by atoms with Crippen LogP contribution in [0.3, 0.4) is 0 Å². The first-order chi connectivity index (χ1) is 15.5. The Kier molecular flexibility index (Phi) is 7.57. The second kappa shape index (κ2) is 10.6. The van der Waals surface area contributed by atoms with E-state index in [0.717, 1.165) is 44.0 Å². The average Bonchev–Trinajstić information content (AvgIpc) is 3.28. The summed E-state index contributed by atoms with van der Waals surface area (Å²) in [6, 6.07) is 12.7. The number of carbonyl (C=O) groups excluding carboxylic acids is 1. The number of piperazine rings is 1. The second-order valence-electron chi connectivity index (χ2n) is 7.27. The van der Waals surface area contributed by atoms with E-state index >= 15 is 0 Å². The zero-order chi connectivity index (χ0) is 22.5. The van der Waals surface area contributed by atoms with E-state index in [0.29, 0.717) is 26.8 Å². The Bertz CT molecular complexity index is 1070. The van der Waals surface area contributed by atoms with E-state index in [4.69, 9.17) is 27.6 Å². The van der Waals surface area contributed by atoms with Gasteiger partial charge in [0.1, 0.15) is 0 Å². The number of benzene rings is 2. The molecule has 1 amide bonds. The van der Waals surface area contributed by atoms with Gasteiger partial charge in [-0.15, -0.1) is 10.2 Å². The van der Waals surface area contributed by atoms with Gasteiger partial charge in [-0.3, -0.25) is 4.79 Å². The molecule has 0 atom stereocenters. The number of amides is 1. The molecule has 0 radical (unpaired) electrons. The number of para-hydroxylation sites is 1. The number of nitrogens with zero attached hydrogens (tertiary/aromatic N) is 4. The minimum absolute atomic E-state index is 0.137. The molecule has 32 heavy (non-hydrogen) atoms. The van der Waals surface area contributed by atoms with Crippen LogP contribution in [0, 0.1) is 0 Å². The monoisotopic (exact) mass is 491 g/mol. The summed E-state index contributed by atoms with van der Waals surface area (Å²) in [4.78, 5) is 17.3. The maximum absolute atomic E-state index is 12.6. The summed E-state index contributed by atoms with van der Waals surface area (Å²) in [5.74, 6) is 0.350. The zero-order valence-electron chi connectivity index (χ0n) is 17.6. The van der Waals surface area contributed by atoms with Gasteiger partial charge in [0.15, 0.2) is 0 Å². The Morgan fingerprint density at radius 1 is 1.09 bits per heavy atom. The van der Waals surface area contributed by atoms with Gasteiger partial charge in [-0.2, -0.15) is 0 Å². The van der Waals surface area contributed by atoms with Gasteiger partial charge in [-0.25, -0.2) is 0 Å². The lowest BCUT2D eigenvalue weighted by molar-refractivity contribution is -0.113. The molecule has 168 valence electrons. The number of rotatable bonds is 7. The van der Waals surface area contributed by atoms with Crippen molar-refractivity contribution in [2.75, 3.05) is 48.7 Å². The lowest BCUT2D eigenvalue weighted by Gasteiger charge is -2.36. The molecule has 0 aliphatic carbocycles. The standard InChI is InChI=1S/C22H23Cl2N5O2S/c1-2-28-10-12-29(13-11-28)20-17(24)4-3-5-18(20)25-19(30)14-32-22-27-26-21(31-22)15-6-8-16(23)9-7-15/h3-9H,2,10-14H2,1H3,(H,25,30). The number of hydrogen-bond acceptors (Lipinski definition) is 7. The second-order valence-corrected chi connectivity index (χ2v) is 9.04. The summed E-state index contributed by atoms with van der Waals surface area (Å²) < 4.78 is 5.65. The SMILES string of the molecule is CCN1CCN(c2c(Cl)cccc2NC(=O)CSc2nnc(-c3ccc(Cl)cc3)o2)CC1. The summed E-state index contributed by atoms with van der Waals surface area (Å²) in [5, 5.41) is 12.6. The number of anilines is 2. The van der Waals surface area contributed by atoms with Crippen LogP contribution in [-0.4, -0.2) is 59.5 Å². The quantitative estimate of drug-likeness (QED) is 0.470. The van der Waals surface area contributed by atoms with Crippen LogP contribution < -0.4 is 10.2 Å². The Labute approximate surface area is 201 Å². The molecule has 1 saturated heterocycles. The molecule has 1 aliphatic rings. The predicted molar refractivity (Wildman–Crippen MR) is 130 cm³/mol. The number of nitrogens with one attached hydrogen (secondary N) is 1. The third-order valence-corrected chi connectivity index (χ3v) is 6.60. The van der Waals surface area contributed by atoms with E-state index in [9.17, 15) is 4.79 Å². The Balaban J connectivity index is 1.38. The van der Waals surface area contributed by atoms with Crippen LogP contribution >= 0.6 is 35.0 Å². The van der Waals surface area contributed by atoms with Crippen LogP contribution in [0.2, 0.25) is 10.0 Å². The first-order valence-corrected chi connectivity index (χ1v) is 12.1. The molecular weight excluding hydrogens is 469 g/mol. The van der Waals surface area contributed by atoms with Crippen LogP contribution in [0.15, 0.2) is 52.1 Å². The van der Waals surface area contributed by atoms with Crippen molar-refractivity contribution in [1.82, 2.24) is 15.1 Å². The fourth-order valence-electron chi connectivity index (χ4n) is 3.52. The number of likely N-dealkylation sites (N-methyl/N-ethyl adjacent to an activating group) is 1. The lowest BCUT2D eigenvalue weighted by atomic mass is 10.2. The maximum atomic E-state index is 12.6. The average molecular weight is 492 g/mol. The van der Waals surface area contributed by atoms with Gasteiger partial charge < -0.3 is 19.5 Å². The van der Waals surface area contributed by atoms with Gasteiger partial charge in [0, 0.05) is 36.8 Å². The maximum Gasteiger partial charge on any atom is 0.277 e. The molecular formula is C22H23Cl2N5O2S. The van der Waals surface area contributed by atoms with E-state index in [-0.39, 0.29) is 11.7 Å². The third kappa shape index (κ3) is 5.56. The van der Waals surface area contributed by atoms with Crippen molar-refractivity contribution in [3.63, 3.8) is 0 Å². The van der Waals surface area contributed by atoms with Crippen molar-refractivity contribution in [1.29, 1.82) is 0 Å². The third-order valence-electron chi connectivity index (χ3n) is 5.22. The number of thioether (sulfide) groups is 1. The van der Waals surface area contributed by atoms with E-state index in [1.807, 2.05) is 18.2 Å². The molecule has 1 aromatic heterocycles. The topological polar surface area (TPSA) is 74.5 Å². The number of halogens is 2. The van der Waals surface area contributed by atoms with Crippen molar-refractivity contribution in [3.8, 4) is 11.5 Å². The molecule has 0 bridgehead atoms. The highest BCUT2D eigenvalue weighted by Gasteiger charge is 2.21. The van der Waals surface area contributed by atoms with Crippen LogP contribution in [0.1, 0.15) is 6.92 Å². The van der Waals surface area contributed by atoms with E-state index in [2.05, 4.69) is 32.2 Å². The van der Waals surface area contributed by atoms with Crippen molar-refractivity contribution >= 4 is 52.2 Å². The summed E-state index contributed by atoms with van der Waals surface area (Å²) in [6.45, 7) is 6.87. The molecule has 0 spiro atoms. The summed E-state index contributed by atoms with van der Waals surface area (Å²) in [7, 11) is 0. The number of hydrogen-bond donors (Lipinski definition) is 1. The Morgan fingerprint density at radius 2 is 1.84 bits per heavy atom. The number of carbonyl (C=O) groups is 1. The summed E-state index contributed by atoms with van der Waals surface area (Å²) in [5.41, 5.74) is 2.34. The first-order valence-electron chi connectivity index (χ1n) is 10.3. The van der Waals surface area contributed by atoms with Crippen LogP contribution in [0.5, 0.6) is 0 Å². The van der Waals surface area contributed by atoms with Gasteiger partial charge in [0.05, 0.1) is 22.2 Å².